The van der Waals surface area contributed by atoms with Gasteiger partial charge in [0.05, 0.1) is 11.2 Å². The standard InChI is InChI=1S/C23H29BN2O4/c1-17-14-25-12-11-19(17)13-20(24-29-22(2,3)23(4,5)30-24)15-26-21(27)28-16-18-9-7-6-8-10-18/h6-14H,15-16H2,1-5H3,(H,26,27). The second kappa shape index (κ2) is 9.02. The van der Waals surface area contributed by atoms with Gasteiger partial charge in [-0.25, -0.2) is 4.79 Å². The van der Waals surface area contributed by atoms with Crippen LogP contribution in [0.2, 0.25) is 0 Å². The number of alkyl carbamates (subject to hydrolysis) is 1. The van der Waals surface area contributed by atoms with Gasteiger partial charge in [-0.3, -0.25) is 4.98 Å². The highest BCUT2D eigenvalue weighted by Gasteiger charge is 2.52. The molecule has 0 bridgehead atoms. The molecule has 0 unspecified atom stereocenters. The first-order valence-electron chi connectivity index (χ1n) is 10.1. The van der Waals surface area contributed by atoms with E-state index < -0.39 is 24.4 Å². The third-order valence-corrected chi connectivity index (χ3v) is 5.61. The van der Waals surface area contributed by atoms with E-state index in [0.717, 1.165) is 22.2 Å². The molecular weight excluding hydrogens is 379 g/mol. The van der Waals surface area contributed by atoms with Crippen molar-refractivity contribution in [1.29, 1.82) is 0 Å². The van der Waals surface area contributed by atoms with E-state index in [1.165, 1.54) is 0 Å². The summed E-state index contributed by atoms with van der Waals surface area (Å²) in [4.78, 5) is 16.4. The number of pyridine rings is 1. The van der Waals surface area contributed by atoms with Crippen molar-refractivity contribution >= 4 is 19.3 Å². The van der Waals surface area contributed by atoms with Crippen LogP contribution in [-0.2, 0) is 20.7 Å². The third-order valence-electron chi connectivity index (χ3n) is 5.61. The first-order chi connectivity index (χ1) is 14.2. The number of nitrogens with zero attached hydrogens (tertiary/aromatic N) is 1. The summed E-state index contributed by atoms with van der Waals surface area (Å²) in [5, 5.41) is 2.82. The largest absolute Gasteiger partial charge is 0.492 e. The highest BCUT2D eigenvalue weighted by Crippen LogP contribution is 2.38. The van der Waals surface area contributed by atoms with Crippen molar-refractivity contribution in [1.82, 2.24) is 10.3 Å². The molecular formula is C23H29BN2O4. The lowest BCUT2D eigenvalue weighted by molar-refractivity contribution is 0.00578. The normalized spacial score (nSPS) is 17.6. The van der Waals surface area contributed by atoms with Crippen molar-refractivity contribution in [3.05, 3.63) is 71.0 Å². The summed E-state index contributed by atoms with van der Waals surface area (Å²) in [6.07, 6.45) is 5.03. The van der Waals surface area contributed by atoms with E-state index in [0.29, 0.717) is 0 Å². The Morgan fingerprint density at radius 1 is 1.13 bits per heavy atom. The van der Waals surface area contributed by atoms with Gasteiger partial charge in [0, 0.05) is 18.9 Å². The van der Waals surface area contributed by atoms with Crippen LogP contribution in [0.25, 0.3) is 6.08 Å². The average molecular weight is 408 g/mol. The molecule has 1 fully saturated rings. The van der Waals surface area contributed by atoms with Crippen LogP contribution in [0.4, 0.5) is 4.79 Å². The Labute approximate surface area is 178 Å². The van der Waals surface area contributed by atoms with Crippen molar-refractivity contribution < 1.29 is 18.8 Å². The van der Waals surface area contributed by atoms with Gasteiger partial charge in [0.15, 0.2) is 0 Å². The van der Waals surface area contributed by atoms with Crippen LogP contribution in [0.3, 0.4) is 0 Å². The fourth-order valence-electron chi connectivity index (χ4n) is 2.99. The molecule has 1 amide bonds. The maximum atomic E-state index is 12.3. The minimum absolute atomic E-state index is 0.214. The number of ether oxygens (including phenoxy) is 1. The van der Waals surface area contributed by atoms with Crippen LogP contribution in [0.15, 0.2) is 54.3 Å². The molecule has 0 saturated carbocycles. The molecule has 1 aromatic heterocycles. The zero-order valence-electron chi connectivity index (χ0n) is 18.3. The van der Waals surface area contributed by atoms with Gasteiger partial charge in [-0.15, -0.1) is 0 Å². The zero-order valence-corrected chi connectivity index (χ0v) is 18.3. The topological polar surface area (TPSA) is 69.7 Å². The quantitative estimate of drug-likeness (QED) is 0.721. The van der Waals surface area contributed by atoms with Crippen molar-refractivity contribution in [3.63, 3.8) is 0 Å². The van der Waals surface area contributed by atoms with E-state index in [2.05, 4.69) is 10.3 Å². The van der Waals surface area contributed by atoms with Crippen LogP contribution >= 0.6 is 0 Å². The molecule has 0 atom stereocenters. The van der Waals surface area contributed by atoms with E-state index in [1.54, 1.807) is 12.4 Å². The summed E-state index contributed by atoms with van der Waals surface area (Å²) in [5.41, 5.74) is 2.81. The number of aromatic nitrogens is 1. The Hall–Kier alpha value is -2.64. The molecule has 1 aliphatic rings. The molecule has 7 heteroatoms. The number of amides is 1. The fourth-order valence-corrected chi connectivity index (χ4v) is 2.99. The molecule has 1 aliphatic heterocycles. The summed E-state index contributed by atoms with van der Waals surface area (Å²) in [7, 11) is -0.572. The Kier molecular flexibility index (Phi) is 6.63. The maximum absolute atomic E-state index is 12.3. The van der Waals surface area contributed by atoms with Gasteiger partial charge in [-0.2, -0.15) is 0 Å². The molecule has 1 aromatic carbocycles. The first-order valence-corrected chi connectivity index (χ1v) is 10.1. The Bertz CT molecular complexity index is 896. The summed E-state index contributed by atoms with van der Waals surface area (Å²) in [6, 6.07) is 11.5. The van der Waals surface area contributed by atoms with Crippen molar-refractivity contribution in [2.45, 2.75) is 52.4 Å². The number of hydrogen-bond acceptors (Lipinski definition) is 5. The molecule has 3 rings (SSSR count). The third kappa shape index (κ3) is 5.29. The van der Waals surface area contributed by atoms with Crippen LogP contribution in [0, 0.1) is 6.92 Å². The van der Waals surface area contributed by atoms with Gasteiger partial charge in [-0.1, -0.05) is 36.4 Å². The van der Waals surface area contributed by atoms with Crippen molar-refractivity contribution in [3.8, 4) is 0 Å². The number of benzene rings is 1. The lowest BCUT2D eigenvalue weighted by Gasteiger charge is -2.32. The van der Waals surface area contributed by atoms with Crippen molar-refractivity contribution in [2.24, 2.45) is 0 Å². The second-order valence-corrected chi connectivity index (χ2v) is 8.46. The number of carbonyl (C=O) groups is 1. The van der Waals surface area contributed by atoms with Crippen LogP contribution in [0.5, 0.6) is 0 Å². The van der Waals surface area contributed by atoms with E-state index >= 15 is 0 Å². The summed E-state index contributed by atoms with van der Waals surface area (Å²) in [5.74, 6) is 0. The van der Waals surface area contributed by atoms with E-state index in [1.807, 2.05) is 77.1 Å². The van der Waals surface area contributed by atoms with Gasteiger partial charge in [0.2, 0.25) is 0 Å². The Morgan fingerprint density at radius 3 is 2.43 bits per heavy atom. The molecule has 1 saturated heterocycles. The molecule has 0 aliphatic carbocycles. The predicted molar refractivity (Wildman–Crippen MR) is 118 cm³/mol. The highest BCUT2D eigenvalue weighted by molar-refractivity contribution is 6.56. The minimum Gasteiger partial charge on any atom is -0.445 e. The number of nitrogens with one attached hydrogen (secondary N) is 1. The van der Waals surface area contributed by atoms with Crippen LogP contribution < -0.4 is 5.32 Å². The van der Waals surface area contributed by atoms with Crippen molar-refractivity contribution in [2.75, 3.05) is 6.54 Å². The monoisotopic (exact) mass is 408 g/mol. The molecule has 2 aromatic rings. The molecule has 30 heavy (non-hydrogen) atoms. The molecule has 0 radical (unpaired) electrons. The maximum Gasteiger partial charge on any atom is 0.492 e. The second-order valence-electron chi connectivity index (χ2n) is 8.46. The predicted octanol–water partition coefficient (Wildman–Crippen LogP) is 4.33. The summed E-state index contributed by atoms with van der Waals surface area (Å²) >= 11 is 0. The van der Waals surface area contributed by atoms with Crippen LogP contribution in [-0.4, -0.2) is 35.9 Å². The first kappa shape index (κ1) is 22.1. The van der Waals surface area contributed by atoms with Gasteiger partial charge >= 0.3 is 13.2 Å². The lowest BCUT2D eigenvalue weighted by atomic mass is 9.76. The number of hydrogen-bond donors (Lipinski definition) is 1. The average Bonchev–Trinajstić information content (AvgIpc) is 2.92. The van der Waals surface area contributed by atoms with E-state index in [9.17, 15) is 4.79 Å². The molecule has 2 heterocycles. The van der Waals surface area contributed by atoms with Gasteiger partial charge in [0.1, 0.15) is 6.61 Å². The summed E-state index contributed by atoms with van der Waals surface area (Å²) in [6.45, 7) is 10.5. The van der Waals surface area contributed by atoms with Crippen LogP contribution in [0.1, 0.15) is 44.4 Å². The number of rotatable bonds is 6. The number of aryl methyl sites for hydroxylation is 1. The molecule has 1 N–H and O–H groups in total. The van der Waals surface area contributed by atoms with E-state index in [-0.39, 0.29) is 13.2 Å². The number of carbonyl (C=O) groups excluding carboxylic acids is 1. The molecule has 158 valence electrons. The minimum atomic E-state index is -0.572. The van der Waals surface area contributed by atoms with Gasteiger partial charge in [-0.05, 0) is 62.8 Å². The summed E-state index contributed by atoms with van der Waals surface area (Å²) < 4.78 is 17.7. The van der Waals surface area contributed by atoms with E-state index in [4.69, 9.17) is 14.0 Å². The van der Waals surface area contributed by atoms with Gasteiger partial charge < -0.3 is 19.4 Å². The smallest absolute Gasteiger partial charge is 0.445 e. The molecule has 0 spiro atoms. The highest BCUT2D eigenvalue weighted by atomic mass is 16.7. The lowest BCUT2D eigenvalue weighted by Crippen LogP contribution is -2.41. The fraction of sp³-hybridized carbons (Fsp3) is 0.391. The molecule has 6 nitrogen and oxygen atoms in total. The SMILES string of the molecule is Cc1cnccc1C=C(CNC(=O)OCc1ccccc1)B1OC(C)(C)C(C)(C)O1. The Morgan fingerprint density at radius 2 is 1.80 bits per heavy atom. The Balaban J connectivity index is 1.72. The zero-order chi connectivity index (χ0) is 21.8. The van der Waals surface area contributed by atoms with Gasteiger partial charge in [0.25, 0.3) is 0 Å².